The largest absolute Gasteiger partial charge is 0.396 e. The van der Waals surface area contributed by atoms with Gasteiger partial charge in [0.1, 0.15) is 0 Å². The standard InChI is InChI=1S/C16H25NO3S/c1-14-6-5-7-15(10-14)11-21(19,20)17-12-16(13-18)8-3-2-4-9-16/h5-7,10,17-18H,2-4,8-9,11-13H2,1H3. The van der Waals surface area contributed by atoms with Crippen LogP contribution in [0.25, 0.3) is 0 Å². The third kappa shape index (κ3) is 4.80. The van der Waals surface area contributed by atoms with Crippen LogP contribution >= 0.6 is 0 Å². The molecule has 5 heteroatoms. The molecule has 1 aliphatic carbocycles. The Morgan fingerprint density at radius 1 is 1.24 bits per heavy atom. The van der Waals surface area contributed by atoms with E-state index in [9.17, 15) is 13.5 Å². The van der Waals surface area contributed by atoms with E-state index in [-0.39, 0.29) is 17.8 Å². The van der Waals surface area contributed by atoms with Gasteiger partial charge < -0.3 is 5.11 Å². The minimum atomic E-state index is -3.36. The van der Waals surface area contributed by atoms with Gasteiger partial charge in [0.2, 0.25) is 10.0 Å². The van der Waals surface area contributed by atoms with Crippen molar-refractivity contribution in [1.82, 2.24) is 4.72 Å². The van der Waals surface area contributed by atoms with E-state index in [1.54, 1.807) is 0 Å². The number of sulfonamides is 1. The molecule has 1 aromatic carbocycles. The van der Waals surface area contributed by atoms with Crippen molar-refractivity contribution in [3.63, 3.8) is 0 Å². The van der Waals surface area contributed by atoms with E-state index < -0.39 is 10.0 Å². The summed E-state index contributed by atoms with van der Waals surface area (Å²) in [6.07, 6.45) is 5.12. The highest BCUT2D eigenvalue weighted by Gasteiger charge is 2.32. The Labute approximate surface area is 127 Å². The summed E-state index contributed by atoms with van der Waals surface area (Å²) in [5, 5.41) is 9.63. The topological polar surface area (TPSA) is 66.4 Å². The molecule has 0 bridgehead atoms. The van der Waals surface area contributed by atoms with Crippen molar-refractivity contribution in [2.75, 3.05) is 13.2 Å². The lowest BCUT2D eigenvalue weighted by Crippen LogP contribution is -2.41. The van der Waals surface area contributed by atoms with Crippen molar-refractivity contribution in [3.8, 4) is 0 Å². The molecule has 4 nitrogen and oxygen atoms in total. The molecule has 1 aliphatic rings. The molecule has 1 aromatic rings. The summed E-state index contributed by atoms with van der Waals surface area (Å²) < 4.78 is 27.1. The van der Waals surface area contributed by atoms with Crippen molar-refractivity contribution in [2.45, 2.75) is 44.8 Å². The first-order valence-electron chi connectivity index (χ1n) is 7.59. The Morgan fingerprint density at radius 3 is 2.57 bits per heavy atom. The van der Waals surface area contributed by atoms with Gasteiger partial charge in [-0.05, 0) is 25.3 Å². The number of aliphatic hydroxyl groups excluding tert-OH is 1. The molecule has 0 aliphatic heterocycles. The van der Waals surface area contributed by atoms with E-state index in [2.05, 4.69) is 4.72 Å². The van der Waals surface area contributed by atoms with Gasteiger partial charge in [0.25, 0.3) is 0 Å². The van der Waals surface area contributed by atoms with Gasteiger partial charge in [-0.1, -0.05) is 49.1 Å². The first-order valence-corrected chi connectivity index (χ1v) is 9.24. The molecule has 118 valence electrons. The van der Waals surface area contributed by atoms with E-state index in [4.69, 9.17) is 0 Å². The van der Waals surface area contributed by atoms with Crippen molar-refractivity contribution >= 4 is 10.0 Å². The second kappa shape index (κ2) is 6.90. The van der Waals surface area contributed by atoms with E-state index >= 15 is 0 Å². The fourth-order valence-electron chi connectivity index (χ4n) is 3.03. The molecule has 0 amide bonds. The normalized spacial score (nSPS) is 18.6. The van der Waals surface area contributed by atoms with E-state index in [1.165, 1.54) is 6.42 Å². The average Bonchev–Trinajstić information content (AvgIpc) is 2.46. The third-order valence-corrected chi connectivity index (χ3v) is 5.65. The second-order valence-electron chi connectivity index (χ2n) is 6.29. The van der Waals surface area contributed by atoms with Crippen LogP contribution in [0.5, 0.6) is 0 Å². The Hall–Kier alpha value is -0.910. The Kier molecular flexibility index (Phi) is 5.41. The highest BCUT2D eigenvalue weighted by atomic mass is 32.2. The van der Waals surface area contributed by atoms with Gasteiger partial charge in [-0.3, -0.25) is 0 Å². The maximum absolute atomic E-state index is 12.2. The fourth-order valence-corrected chi connectivity index (χ4v) is 4.27. The molecule has 21 heavy (non-hydrogen) atoms. The summed E-state index contributed by atoms with van der Waals surface area (Å²) in [6, 6.07) is 7.54. The molecular formula is C16H25NO3S. The van der Waals surface area contributed by atoms with Crippen LogP contribution in [-0.2, 0) is 15.8 Å². The number of nitrogens with one attached hydrogen (secondary N) is 1. The summed E-state index contributed by atoms with van der Waals surface area (Å²) >= 11 is 0. The minimum Gasteiger partial charge on any atom is -0.396 e. The monoisotopic (exact) mass is 311 g/mol. The molecule has 0 saturated heterocycles. The molecule has 0 heterocycles. The molecule has 0 atom stereocenters. The summed E-state index contributed by atoms with van der Waals surface area (Å²) in [5.74, 6) is -0.00378. The predicted octanol–water partition coefficient (Wildman–Crippen LogP) is 2.36. The van der Waals surface area contributed by atoms with Crippen LogP contribution in [0, 0.1) is 12.3 Å². The van der Waals surface area contributed by atoms with Crippen molar-refractivity contribution < 1.29 is 13.5 Å². The summed E-state index contributed by atoms with van der Waals surface area (Å²) in [7, 11) is -3.36. The van der Waals surface area contributed by atoms with Crippen LogP contribution in [0.2, 0.25) is 0 Å². The van der Waals surface area contributed by atoms with E-state index in [0.29, 0.717) is 6.54 Å². The molecule has 2 rings (SSSR count). The fraction of sp³-hybridized carbons (Fsp3) is 0.625. The van der Waals surface area contributed by atoms with Crippen LogP contribution in [0.4, 0.5) is 0 Å². The van der Waals surface area contributed by atoms with Gasteiger partial charge in [0.15, 0.2) is 0 Å². The number of hydrogen-bond donors (Lipinski definition) is 2. The zero-order valence-corrected chi connectivity index (χ0v) is 13.5. The van der Waals surface area contributed by atoms with Crippen LogP contribution in [0.15, 0.2) is 24.3 Å². The van der Waals surface area contributed by atoms with Crippen molar-refractivity contribution in [1.29, 1.82) is 0 Å². The summed E-state index contributed by atoms with van der Waals surface area (Å²) in [5.41, 5.74) is 1.59. The number of aliphatic hydroxyl groups is 1. The second-order valence-corrected chi connectivity index (χ2v) is 8.09. The first-order chi connectivity index (χ1) is 9.95. The van der Waals surface area contributed by atoms with Gasteiger partial charge in [0.05, 0.1) is 5.75 Å². The van der Waals surface area contributed by atoms with Gasteiger partial charge in [-0.25, -0.2) is 13.1 Å². The molecule has 1 fully saturated rings. The smallest absolute Gasteiger partial charge is 0.215 e. The van der Waals surface area contributed by atoms with E-state index in [0.717, 1.165) is 36.8 Å². The quantitative estimate of drug-likeness (QED) is 0.847. The number of aryl methyl sites for hydroxylation is 1. The van der Waals surface area contributed by atoms with Gasteiger partial charge in [-0.15, -0.1) is 0 Å². The van der Waals surface area contributed by atoms with Crippen LogP contribution in [0.3, 0.4) is 0 Å². The van der Waals surface area contributed by atoms with Gasteiger partial charge >= 0.3 is 0 Å². The summed E-state index contributed by atoms with van der Waals surface area (Å²) in [6.45, 7) is 2.35. The zero-order valence-electron chi connectivity index (χ0n) is 12.6. The first kappa shape index (κ1) is 16.5. The van der Waals surface area contributed by atoms with Crippen LogP contribution in [-0.4, -0.2) is 26.7 Å². The number of rotatable bonds is 6. The lowest BCUT2D eigenvalue weighted by Gasteiger charge is -2.35. The predicted molar refractivity (Wildman–Crippen MR) is 84.4 cm³/mol. The number of benzene rings is 1. The van der Waals surface area contributed by atoms with Gasteiger partial charge in [-0.2, -0.15) is 0 Å². The number of hydrogen-bond acceptors (Lipinski definition) is 3. The molecule has 0 spiro atoms. The lowest BCUT2D eigenvalue weighted by molar-refractivity contribution is 0.0867. The molecular weight excluding hydrogens is 286 g/mol. The van der Waals surface area contributed by atoms with Crippen LogP contribution in [0.1, 0.15) is 43.2 Å². The maximum atomic E-state index is 12.2. The Bertz CT molecular complexity index is 563. The molecule has 2 N–H and O–H groups in total. The van der Waals surface area contributed by atoms with Crippen molar-refractivity contribution in [2.24, 2.45) is 5.41 Å². The maximum Gasteiger partial charge on any atom is 0.215 e. The highest BCUT2D eigenvalue weighted by molar-refractivity contribution is 7.88. The highest BCUT2D eigenvalue weighted by Crippen LogP contribution is 2.35. The zero-order chi connectivity index (χ0) is 15.3. The molecule has 0 radical (unpaired) electrons. The van der Waals surface area contributed by atoms with Gasteiger partial charge in [0, 0.05) is 18.6 Å². The SMILES string of the molecule is Cc1cccc(CS(=O)(=O)NCC2(CO)CCCCC2)c1. The lowest BCUT2D eigenvalue weighted by atomic mass is 9.75. The minimum absolute atomic E-state index is 0.00378. The molecule has 0 aromatic heterocycles. The van der Waals surface area contributed by atoms with E-state index in [1.807, 2.05) is 31.2 Å². The van der Waals surface area contributed by atoms with Crippen molar-refractivity contribution in [3.05, 3.63) is 35.4 Å². The Balaban J connectivity index is 1.97. The average molecular weight is 311 g/mol. The third-order valence-electron chi connectivity index (χ3n) is 4.36. The van der Waals surface area contributed by atoms with Crippen LogP contribution < -0.4 is 4.72 Å². The Morgan fingerprint density at radius 2 is 1.95 bits per heavy atom. The summed E-state index contributed by atoms with van der Waals surface area (Å²) in [4.78, 5) is 0. The molecule has 0 unspecified atom stereocenters. The molecule has 1 saturated carbocycles.